The Hall–Kier alpha value is -0.820. The normalized spacial score (nSPS) is 26.7. The van der Waals surface area contributed by atoms with E-state index in [2.05, 4.69) is 59.8 Å². The van der Waals surface area contributed by atoms with Crippen molar-refractivity contribution in [3.8, 4) is 0 Å². The molecule has 0 amide bonds. The zero-order valence-corrected chi connectivity index (χ0v) is 16.5. The summed E-state index contributed by atoms with van der Waals surface area (Å²) in [6.45, 7) is 5.35. The topological polar surface area (TPSA) is 45.7 Å². The van der Waals surface area contributed by atoms with Crippen LogP contribution < -0.4 is 10.6 Å². The Labute approximate surface area is 156 Å². The van der Waals surface area contributed by atoms with Crippen molar-refractivity contribution in [1.82, 2.24) is 10.6 Å². The van der Waals surface area contributed by atoms with Crippen molar-refractivity contribution in [3.63, 3.8) is 0 Å². The van der Waals surface area contributed by atoms with Gasteiger partial charge in [-0.05, 0) is 24.8 Å². The number of nitrogens with one attached hydrogen (secondary N) is 2. The van der Waals surface area contributed by atoms with Gasteiger partial charge in [-0.25, -0.2) is 0 Å². The van der Waals surface area contributed by atoms with Gasteiger partial charge in [0.15, 0.2) is 5.96 Å². The lowest BCUT2D eigenvalue weighted by molar-refractivity contribution is 0.0992. The molecule has 3 rings (SSSR count). The molecule has 4 nitrogen and oxygen atoms in total. The second-order valence-electron chi connectivity index (χ2n) is 7.04. The third-order valence-corrected chi connectivity index (χ3v) is 4.90. The Balaban J connectivity index is 0.00000192. The fourth-order valence-corrected chi connectivity index (χ4v) is 3.46. The van der Waals surface area contributed by atoms with Crippen LogP contribution in [0.15, 0.2) is 35.3 Å². The molecule has 23 heavy (non-hydrogen) atoms. The zero-order chi connectivity index (χ0) is 15.6. The number of nitrogens with zero attached hydrogens (tertiary/aromatic N) is 1. The first-order valence-electron chi connectivity index (χ1n) is 8.27. The van der Waals surface area contributed by atoms with E-state index in [0.29, 0.717) is 18.2 Å². The zero-order valence-electron chi connectivity index (χ0n) is 14.2. The number of aliphatic imine (C=N–C) groups is 1. The van der Waals surface area contributed by atoms with Crippen molar-refractivity contribution in [2.24, 2.45) is 4.99 Å². The molecule has 5 heteroatoms. The number of rotatable bonds is 4. The Morgan fingerprint density at radius 3 is 2.57 bits per heavy atom. The number of guanidine groups is 1. The summed E-state index contributed by atoms with van der Waals surface area (Å²) in [6, 6.07) is 11.0. The SMILES string of the molecule is CN=C(NCC(C)(C)c1ccccc1)NC1CC2CCC1O2.I. The lowest BCUT2D eigenvalue weighted by Crippen LogP contribution is -2.49. The molecule has 0 saturated carbocycles. The predicted molar refractivity (Wildman–Crippen MR) is 106 cm³/mol. The molecule has 1 aromatic rings. The summed E-state index contributed by atoms with van der Waals surface area (Å²) in [7, 11) is 1.83. The maximum atomic E-state index is 5.90. The van der Waals surface area contributed by atoms with Crippen molar-refractivity contribution in [2.45, 2.75) is 56.8 Å². The third-order valence-electron chi connectivity index (χ3n) is 4.90. The van der Waals surface area contributed by atoms with Gasteiger partial charge in [-0.3, -0.25) is 4.99 Å². The molecule has 128 valence electrons. The standard InChI is InChI=1S/C18H27N3O.HI/c1-18(2,13-7-5-4-6-8-13)12-20-17(19-3)21-15-11-14-9-10-16(15)22-14;/h4-8,14-16H,9-12H2,1-3H3,(H2,19,20,21);1H. The Morgan fingerprint density at radius 1 is 1.26 bits per heavy atom. The molecule has 2 saturated heterocycles. The van der Waals surface area contributed by atoms with Crippen LogP contribution in [-0.4, -0.2) is 37.8 Å². The first-order chi connectivity index (χ1) is 10.6. The van der Waals surface area contributed by atoms with Crippen LogP contribution in [-0.2, 0) is 10.2 Å². The summed E-state index contributed by atoms with van der Waals surface area (Å²) in [5.41, 5.74) is 1.39. The van der Waals surface area contributed by atoms with Gasteiger partial charge in [-0.2, -0.15) is 0 Å². The maximum Gasteiger partial charge on any atom is 0.191 e. The highest BCUT2D eigenvalue weighted by Gasteiger charge is 2.41. The van der Waals surface area contributed by atoms with E-state index in [1.807, 2.05) is 7.05 Å². The first-order valence-corrected chi connectivity index (χ1v) is 8.27. The number of fused-ring (bicyclic) bond motifs is 2. The predicted octanol–water partition coefficient (Wildman–Crippen LogP) is 3.07. The number of benzene rings is 1. The second kappa shape index (κ2) is 7.83. The number of hydrogen-bond acceptors (Lipinski definition) is 2. The van der Waals surface area contributed by atoms with E-state index < -0.39 is 0 Å². The summed E-state index contributed by atoms with van der Waals surface area (Å²) >= 11 is 0. The van der Waals surface area contributed by atoms with Gasteiger partial charge >= 0.3 is 0 Å². The van der Waals surface area contributed by atoms with E-state index >= 15 is 0 Å². The second-order valence-corrected chi connectivity index (χ2v) is 7.04. The van der Waals surface area contributed by atoms with Crippen LogP contribution in [0.25, 0.3) is 0 Å². The van der Waals surface area contributed by atoms with E-state index in [9.17, 15) is 0 Å². The third kappa shape index (κ3) is 4.38. The highest BCUT2D eigenvalue weighted by Crippen LogP contribution is 2.34. The van der Waals surface area contributed by atoms with Gasteiger partial charge < -0.3 is 15.4 Å². The van der Waals surface area contributed by atoms with Crippen molar-refractivity contribution in [1.29, 1.82) is 0 Å². The number of halogens is 1. The highest BCUT2D eigenvalue weighted by molar-refractivity contribution is 14.0. The molecule has 3 atom stereocenters. The molecule has 2 aliphatic rings. The molecule has 2 heterocycles. The van der Waals surface area contributed by atoms with Crippen LogP contribution >= 0.6 is 24.0 Å². The lowest BCUT2D eigenvalue weighted by atomic mass is 9.85. The Morgan fingerprint density at radius 2 is 2.00 bits per heavy atom. The van der Waals surface area contributed by atoms with Crippen LogP contribution in [0, 0.1) is 0 Å². The fourth-order valence-electron chi connectivity index (χ4n) is 3.46. The summed E-state index contributed by atoms with van der Waals surface area (Å²) in [6.07, 6.45) is 4.32. The van der Waals surface area contributed by atoms with E-state index in [1.54, 1.807) is 0 Å². The van der Waals surface area contributed by atoms with Gasteiger partial charge in [0.05, 0.1) is 18.2 Å². The van der Waals surface area contributed by atoms with E-state index in [0.717, 1.165) is 18.9 Å². The van der Waals surface area contributed by atoms with Crippen LogP contribution in [0.1, 0.15) is 38.7 Å². The summed E-state index contributed by atoms with van der Waals surface area (Å²) < 4.78 is 5.90. The van der Waals surface area contributed by atoms with E-state index in [-0.39, 0.29) is 29.4 Å². The molecular formula is C18H28IN3O. The van der Waals surface area contributed by atoms with Gasteiger partial charge in [0.2, 0.25) is 0 Å². The van der Waals surface area contributed by atoms with Crippen molar-refractivity contribution in [2.75, 3.05) is 13.6 Å². The Bertz CT molecular complexity index is 532. The lowest BCUT2D eigenvalue weighted by Gasteiger charge is -2.28. The highest BCUT2D eigenvalue weighted by atomic mass is 127. The van der Waals surface area contributed by atoms with E-state index in [4.69, 9.17) is 4.74 Å². The monoisotopic (exact) mass is 429 g/mol. The quantitative estimate of drug-likeness (QED) is 0.440. The molecular weight excluding hydrogens is 401 g/mol. The molecule has 1 aromatic carbocycles. The summed E-state index contributed by atoms with van der Waals surface area (Å²) in [5.74, 6) is 0.880. The number of hydrogen-bond donors (Lipinski definition) is 2. The minimum absolute atomic E-state index is 0. The van der Waals surface area contributed by atoms with Crippen LogP contribution in [0.4, 0.5) is 0 Å². The summed E-state index contributed by atoms with van der Waals surface area (Å²) in [4.78, 5) is 4.37. The molecule has 2 bridgehead atoms. The molecule has 3 unspecified atom stereocenters. The van der Waals surface area contributed by atoms with Gasteiger partial charge in [0, 0.05) is 19.0 Å². The van der Waals surface area contributed by atoms with Crippen LogP contribution in [0.5, 0.6) is 0 Å². The maximum absolute atomic E-state index is 5.90. The molecule has 0 aromatic heterocycles. The molecule has 2 fully saturated rings. The number of ether oxygens (including phenoxy) is 1. The van der Waals surface area contributed by atoms with Crippen molar-refractivity contribution in [3.05, 3.63) is 35.9 Å². The van der Waals surface area contributed by atoms with Gasteiger partial charge in [0.1, 0.15) is 0 Å². The smallest absolute Gasteiger partial charge is 0.191 e. The van der Waals surface area contributed by atoms with Gasteiger partial charge in [-0.1, -0.05) is 44.2 Å². The molecule has 2 N–H and O–H groups in total. The first kappa shape index (κ1) is 18.5. The molecule has 0 aliphatic carbocycles. The molecule has 2 aliphatic heterocycles. The molecule has 0 radical (unpaired) electrons. The van der Waals surface area contributed by atoms with Gasteiger partial charge in [-0.15, -0.1) is 24.0 Å². The fraction of sp³-hybridized carbons (Fsp3) is 0.611. The minimum atomic E-state index is 0. The molecule has 0 spiro atoms. The van der Waals surface area contributed by atoms with Crippen molar-refractivity contribution < 1.29 is 4.74 Å². The van der Waals surface area contributed by atoms with Crippen molar-refractivity contribution >= 4 is 29.9 Å². The van der Waals surface area contributed by atoms with Crippen LogP contribution in [0.2, 0.25) is 0 Å². The summed E-state index contributed by atoms with van der Waals surface area (Å²) in [5, 5.41) is 7.01. The van der Waals surface area contributed by atoms with Gasteiger partial charge in [0.25, 0.3) is 0 Å². The van der Waals surface area contributed by atoms with E-state index in [1.165, 1.54) is 18.4 Å². The average Bonchev–Trinajstić information content (AvgIpc) is 3.15. The minimum Gasteiger partial charge on any atom is -0.373 e. The Kier molecular flexibility index (Phi) is 6.31. The largest absolute Gasteiger partial charge is 0.373 e. The average molecular weight is 429 g/mol. The van der Waals surface area contributed by atoms with Crippen LogP contribution in [0.3, 0.4) is 0 Å².